The highest BCUT2D eigenvalue weighted by Gasteiger charge is 2.24. The van der Waals surface area contributed by atoms with Crippen molar-refractivity contribution in [2.75, 3.05) is 7.05 Å². The normalized spacial score (nSPS) is 14.2. The van der Waals surface area contributed by atoms with E-state index >= 15 is 0 Å². The van der Waals surface area contributed by atoms with Crippen molar-refractivity contribution in [2.24, 2.45) is 5.41 Å². The third-order valence-corrected chi connectivity index (χ3v) is 5.54. The maximum Gasteiger partial charge on any atom is 0.505 e. The second-order valence-corrected chi connectivity index (χ2v) is 9.58. The van der Waals surface area contributed by atoms with Crippen molar-refractivity contribution in [3.8, 4) is 0 Å². The number of nitrogens with one attached hydrogen (secondary N) is 1. The van der Waals surface area contributed by atoms with E-state index in [4.69, 9.17) is 0 Å². The molecule has 1 unspecified atom stereocenters. The number of aryl methyl sites for hydroxylation is 1. The van der Waals surface area contributed by atoms with Gasteiger partial charge in [-0.15, -0.1) is 0 Å². The van der Waals surface area contributed by atoms with E-state index in [9.17, 15) is 15.2 Å². The monoisotopic (exact) mass is 374 g/mol. The van der Waals surface area contributed by atoms with Gasteiger partial charge in [0.25, 0.3) is 0 Å². The van der Waals surface area contributed by atoms with Gasteiger partial charge in [-0.25, -0.2) is 0 Å². The van der Waals surface area contributed by atoms with Crippen LogP contribution in [0.5, 0.6) is 0 Å². The van der Waals surface area contributed by atoms with Crippen molar-refractivity contribution in [2.45, 2.75) is 72.6 Å². The molecule has 0 amide bonds. The quantitative estimate of drug-likeness (QED) is 0.562. The Bertz CT molecular complexity index is 772. The molecule has 2 aromatic rings. The number of hydrogen-bond donors (Lipinski definition) is 4. The first-order valence-electron chi connectivity index (χ1n) is 9.71. The molecule has 27 heavy (non-hydrogen) atoms. The number of aromatic amines is 1. The standard InChI is InChI=1S/C21H35BN2O3/c1-14(20(2,3)4)24(7)13-15-10-16(8-9-21(5,6)25)17-12-19(22(26)27)23-18(17)11-15/h10-12,14,23,25-27H,8-9,13H2,1-7H3. The Morgan fingerprint density at radius 2 is 1.74 bits per heavy atom. The summed E-state index contributed by atoms with van der Waals surface area (Å²) in [5, 5.41) is 30.2. The maximum atomic E-state index is 10.1. The third-order valence-electron chi connectivity index (χ3n) is 5.54. The Hall–Kier alpha value is -1.34. The lowest BCUT2D eigenvalue weighted by atomic mass is 9.86. The molecule has 1 aromatic carbocycles. The van der Waals surface area contributed by atoms with Gasteiger partial charge in [0.1, 0.15) is 0 Å². The van der Waals surface area contributed by atoms with E-state index in [1.807, 2.05) is 13.8 Å². The van der Waals surface area contributed by atoms with Crippen LogP contribution >= 0.6 is 0 Å². The third kappa shape index (κ3) is 5.82. The molecule has 0 spiro atoms. The smallest absolute Gasteiger partial charge is 0.422 e. The van der Waals surface area contributed by atoms with Gasteiger partial charge in [-0.1, -0.05) is 26.8 Å². The Morgan fingerprint density at radius 3 is 2.26 bits per heavy atom. The number of rotatable bonds is 7. The predicted octanol–water partition coefficient (Wildman–Crippen LogP) is 2.42. The lowest BCUT2D eigenvalue weighted by Crippen LogP contribution is -2.38. The molecule has 4 N–H and O–H groups in total. The topological polar surface area (TPSA) is 79.7 Å². The number of hydrogen-bond acceptors (Lipinski definition) is 4. The molecule has 0 aliphatic heterocycles. The van der Waals surface area contributed by atoms with Gasteiger partial charge in [-0.05, 0) is 69.3 Å². The summed E-state index contributed by atoms with van der Waals surface area (Å²) < 4.78 is 0. The Kier molecular flexibility index (Phi) is 6.47. The summed E-state index contributed by atoms with van der Waals surface area (Å²) in [7, 11) is 0.611. The second kappa shape index (κ2) is 7.96. The Morgan fingerprint density at radius 1 is 1.11 bits per heavy atom. The number of aliphatic hydroxyl groups is 1. The number of fused-ring (bicyclic) bond motifs is 1. The molecule has 6 heteroatoms. The molecule has 0 saturated carbocycles. The van der Waals surface area contributed by atoms with E-state index < -0.39 is 12.7 Å². The minimum Gasteiger partial charge on any atom is -0.422 e. The van der Waals surface area contributed by atoms with Gasteiger partial charge >= 0.3 is 7.12 Å². The predicted molar refractivity (Wildman–Crippen MR) is 113 cm³/mol. The second-order valence-electron chi connectivity index (χ2n) is 9.58. The molecular weight excluding hydrogens is 339 g/mol. The molecule has 5 nitrogen and oxygen atoms in total. The fourth-order valence-electron chi connectivity index (χ4n) is 3.36. The van der Waals surface area contributed by atoms with E-state index in [1.54, 1.807) is 6.07 Å². The summed E-state index contributed by atoms with van der Waals surface area (Å²) in [5.74, 6) is 0. The molecule has 1 heterocycles. The fourth-order valence-corrected chi connectivity index (χ4v) is 3.36. The van der Waals surface area contributed by atoms with Crippen molar-refractivity contribution in [3.63, 3.8) is 0 Å². The van der Waals surface area contributed by atoms with Gasteiger partial charge in [0.05, 0.1) is 5.60 Å². The molecule has 0 aliphatic rings. The fraction of sp³-hybridized carbons (Fsp3) is 0.619. The summed E-state index contributed by atoms with van der Waals surface area (Å²) in [6.07, 6.45) is 1.37. The maximum absolute atomic E-state index is 10.1. The lowest BCUT2D eigenvalue weighted by Gasteiger charge is -2.35. The zero-order valence-corrected chi connectivity index (χ0v) is 17.8. The Labute approximate surface area is 163 Å². The van der Waals surface area contributed by atoms with Gasteiger partial charge in [-0.3, -0.25) is 4.90 Å². The summed E-state index contributed by atoms with van der Waals surface area (Å²) in [4.78, 5) is 5.46. The minimum absolute atomic E-state index is 0.184. The SMILES string of the molecule is CC(N(C)Cc1cc(CCC(C)(C)O)c2cc(B(O)O)[nH]c2c1)C(C)(C)C. The highest BCUT2D eigenvalue weighted by Crippen LogP contribution is 2.27. The molecule has 0 fully saturated rings. The van der Waals surface area contributed by atoms with Crippen LogP contribution in [0.15, 0.2) is 18.2 Å². The lowest BCUT2D eigenvalue weighted by molar-refractivity contribution is 0.0715. The van der Waals surface area contributed by atoms with Gasteiger partial charge < -0.3 is 20.1 Å². The van der Waals surface area contributed by atoms with Crippen molar-refractivity contribution in [1.29, 1.82) is 0 Å². The van der Waals surface area contributed by atoms with Gasteiger partial charge in [0.15, 0.2) is 0 Å². The first kappa shape index (κ1) is 22.0. The molecule has 2 rings (SSSR count). The van der Waals surface area contributed by atoms with Crippen LogP contribution in [0.3, 0.4) is 0 Å². The van der Waals surface area contributed by atoms with Crippen molar-refractivity contribution in [1.82, 2.24) is 9.88 Å². The van der Waals surface area contributed by atoms with Gasteiger partial charge in [0, 0.05) is 29.1 Å². The summed E-state index contributed by atoms with van der Waals surface area (Å²) >= 11 is 0. The average Bonchev–Trinajstić information content (AvgIpc) is 2.94. The molecule has 150 valence electrons. The van der Waals surface area contributed by atoms with Crippen molar-refractivity contribution in [3.05, 3.63) is 29.3 Å². The summed E-state index contributed by atoms with van der Waals surface area (Å²) in [5.41, 5.74) is 3.03. The first-order valence-corrected chi connectivity index (χ1v) is 9.71. The number of nitrogens with zero attached hydrogens (tertiary/aromatic N) is 1. The van der Waals surface area contributed by atoms with Crippen LogP contribution in [0.4, 0.5) is 0 Å². The molecule has 1 atom stereocenters. The van der Waals surface area contributed by atoms with Crippen LogP contribution < -0.4 is 5.59 Å². The molecular formula is C21H35BN2O3. The molecule has 0 saturated heterocycles. The zero-order valence-electron chi connectivity index (χ0n) is 17.8. The van der Waals surface area contributed by atoms with Crippen LogP contribution in [0.25, 0.3) is 10.9 Å². The van der Waals surface area contributed by atoms with Crippen molar-refractivity contribution < 1.29 is 15.2 Å². The van der Waals surface area contributed by atoms with Crippen molar-refractivity contribution >= 4 is 23.6 Å². The first-order chi connectivity index (χ1) is 12.3. The van der Waals surface area contributed by atoms with E-state index in [0.717, 1.165) is 29.4 Å². The van der Waals surface area contributed by atoms with Crippen LogP contribution in [-0.4, -0.2) is 50.8 Å². The van der Waals surface area contributed by atoms with Crippen LogP contribution in [0.2, 0.25) is 0 Å². The molecule has 1 aromatic heterocycles. The number of aromatic nitrogens is 1. The van der Waals surface area contributed by atoms with E-state index in [1.165, 1.54) is 5.56 Å². The number of benzene rings is 1. The number of H-pyrrole nitrogens is 1. The summed E-state index contributed by atoms with van der Waals surface area (Å²) in [6.45, 7) is 13.4. The van der Waals surface area contributed by atoms with Crippen LogP contribution in [0, 0.1) is 5.41 Å². The van der Waals surface area contributed by atoms with E-state index in [2.05, 4.69) is 56.8 Å². The largest absolute Gasteiger partial charge is 0.505 e. The van der Waals surface area contributed by atoms with Gasteiger partial charge in [-0.2, -0.15) is 0 Å². The van der Waals surface area contributed by atoms with E-state index in [-0.39, 0.29) is 5.41 Å². The highest BCUT2D eigenvalue weighted by atomic mass is 16.4. The Balaban J connectivity index is 2.39. The average molecular weight is 374 g/mol. The zero-order chi connectivity index (χ0) is 20.6. The van der Waals surface area contributed by atoms with Crippen LogP contribution in [-0.2, 0) is 13.0 Å². The van der Waals surface area contributed by atoms with Gasteiger partial charge in [0.2, 0.25) is 0 Å². The highest BCUT2D eigenvalue weighted by molar-refractivity contribution is 6.58. The molecule has 0 aliphatic carbocycles. The van der Waals surface area contributed by atoms with Crippen LogP contribution in [0.1, 0.15) is 59.1 Å². The molecule has 0 radical (unpaired) electrons. The minimum atomic E-state index is -1.52. The summed E-state index contributed by atoms with van der Waals surface area (Å²) in [6, 6.07) is 6.47. The van der Waals surface area contributed by atoms with E-state index in [0.29, 0.717) is 18.1 Å². The molecule has 0 bridgehead atoms.